The molecule has 12 aliphatic carbocycles. The van der Waals surface area contributed by atoms with E-state index in [0.717, 1.165) is 60.4 Å². The summed E-state index contributed by atoms with van der Waals surface area (Å²) in [4.78, 5) is 20.3. The molecule has 47 heavy (non-hydrogen) atoms. The molecule has 270 valence electrons. The van der Waals surface area contributed by atoms with Crippen LogP contribution in [0.1, 0.15) is 124 Å². The minimum atomic E-state index is -0.361. The van der Waals surface area contributed by atoms with E-state index >= 15 is 0 Å². The summed E-state index contributed by atoms with van der Waals surface area (Å²) >= 11 is 11.0. The monoisotopic (exact) mass is 699 g/mol. The van der Waals surface area contributed by atoms with Gasteiger partial charge in [0.2, 0.25) is 5.24 Å². The molecule has 1 atom stereocenters. The lowest BCUT2D eigenvalue weighted by Gasteiger charge is -2.58. The Kier molecular flexibility index (Phi) is 12.9. The Morgan fingerprint density at radius 3 is 1.11 bits per heavy atom. The Bertz CT molecular complexity index is 940. The van der Waals surface area contributed by atoms with Gasteiger partial charge in [0, 0.05) is 51.6 Å². The Morgan fingerprint density at radius 1 is 0.617 bits per heavy atom. The van der Waals surface area contributed by atoms with E-state index in [1.165, 1.54) is 129 Å². The molecule has 0 aromatic carbocycles. The second-order valence-electron chi connectivity index (χ2n) is 17.8. The van der Waals surface area contributed by atoms with Gasteiger partial charge in [-0.1, -0.05) is 11.6 Å². The van der Waals surface area contributed by atoms with E-state index in [9.17, 15) is 9.59 Å². The van der Waals surface area contributed by atoms with Crippen molar-refractivity contribution >= 4 is 34.7 Å². The van der Waals surface area contributed by atoms with Gasteiger partial charge in [-0.25, -0.2) is 0 Å². The van der Waals surface area contributed by atoms with Crippen molar-refractivity contribution in [2.45, 2.75) is 134 Å². The fraction of sp³-hybridized carbons (Fsp3) is 0.949. The minimum Gasteiger partial charge on any atom is -0.400 e. The first-order valence-corrected chi connectivity index (χ1v) is 19.6. The van der Waals surface area contributed by atoms with Crippen molar-refractivity contribution in [2.24, 2.45) is 69.5 Å². The highest BCUT2D eigenvalue weighted by molar-refractivity contribution is 6.62. The third kappa shape index (κ3) is 8.46. The average molecular weight is 701 g/mol. The first-order chi connectivity index (χ1) is 22.5. The van der Waals surface area contributed by atoms with Gasteiger partial charge in [0.1, 0.15) is 11.8 Å². The zero-order chi connectivity index (χ0) is 34.0. The van der Waals surface area contributed by atoms with Crippen LogP contribution in [-0.4, -0.2) is 56.9 Å². The molecule has 1 N–H and O–H groups in total. The van der Waals surface area contributed by atoms with Crippen molar-refractivity contribution < 1.29 is 30.3 Å². The summed E-state index contributed by atoms with van der Waals surface area (Å²) in [6.07, 6.45) is 26.3. The molecule has 12 rings (SSSR count). The average Bonchev–Trinajstić information content (AvgIpc) is 3.01. The quantitative estimate of drug-likeness (QED) is 0.129. The molecule has 1 unspecified atom stereocenters. The van der Waals surface area contributed by atoms with E-state index in [1.54, 1.807) is 21.3 Å². The number of carbonyl (C=O) groups excluding carboxylic acids is 2. The number of halogens is 2. The van der Waals surface area contributed by atoms with E-state index in [1.807, 2.05) is 0 Å². The Hall–Kier alpha value is -0.240. The third-order valence-corrected chi connectivity index (χ3v) is 14.8. The predicted octanol–water partition coefficient (Wildman–Crippen LogP) is 9.13. The minimum absolute atomic E-state index is 0. The maximum Gasteiger partial charge on any atom is 1.00 e. The Morgan fingerprint density at radius 2 is 0.872 bits per heavy atom. The van der Waals surface area contributed by atoms with Crippen LogP contribution in [-0.2, 0) is 23.8 Å². The second-order valence-corrected chi connectivity index (χ2v) is 18.7. The molecule has 0 aromatic heterocycles. The summed E-state index contributed by atoms with van der Waals surface area (Å²) in [7, 11) is 6.36. The van der Waals surface area contributed by atoms with Crippen molar-refractivity contribution in [2.75, 3.05) is 28.4 Å². The number of aldehydes is 1. The van der Waals surface area contributed by atoms with Crippen LogP contribution in [0.5, 0.6) is 0 Å². The lowest BCUT2D eigenvalue weighted by Crippen LogP contribution is -2.52. The van der Waals surface area contributed by atoms with Crippen molar-refractivity contribution in [1.82, 2.24) is 0 Å². The molecule has 0 aromatic rings. The molecule has 0 radical (unpaired) electrons. The highest BCUT2D eigenvalue weighted by Gasteiger charge is 2.56. The van der Waals surface area contributed by atoms with Crippen molar-refractivity contribution in [3.63, 3.8) is 0 Å². The fourth-order valence-corrected chi connectivity index (χ4v) is 14.4. The highest BCUT2D eigenvalue weighted by Crippen LogP contribution is 2.63. The zero-order valence-electron chi connectivity index (χ0n) is 30.9. The number of hydrogen-bond acceptors (Lipinski definition) is 6. The fourth-order valence-electron chi connectivity index (χ4n) is 14.1. The summed E-state index contributed by atoms with van der Waals surface area (Å²) in [6, 6.07) is 0. The topological polar surface area (TPSA) is 82.1 Å². The Labute approximate surface area is 296 Å². The van der Waals surface area contributed by atoms with Gasteiger partial charge in [0.15, 0.2) is 6.29 Å². The van der Waals surface area contributed by atoms with Crippen LogP contribution in [0.15, 0.2) is 0 Å². The highest BCUT2D eigenvalue weighted by atomic mass is 35.5. The number of hydrogen-bond donors (Lipinski definition) is 1. The number of aliphatic hydroxyl groups is 1. The normalized spacial score (nSPS) is 45.8. The predicted molar refractivity (Wildman–Crippen MR) is 188 cm³/mol. The number of ether oxygens (including phenoxy) is 3. The summed E-state index contributed by atoms with van der Waals surface area (Å²) < 4.78 is 16.5. The summed E-state index contributed by atoms with van der Waals surface area (Å²) in [5, 5.41) is 6.64. The first kappa shape index (κ1) is 38.0. The smallest absolute Gasteiger partial charge is 0.400 e. The van der Waals surface area contributed by atoms with Crippen LogP contribution in [0, 0.1) is 69.5 Å². The number of aliphatic hydroxyl groups excluding tert-OH is 1. The van der Waals surface area contributed by atoms with Crippen molar-refractivity contribution in [3.8, 4) is 0 Å². The lowest BCUT2D eigenvalue weighted by atomic mass is 9.49. The van der Waals surface area contributed by atoms with Crippen molar-refractivity contribution in [3.05, 3.63) is 0 Å². The number of carbonyl (C=O) groups is 2. The van der Waals surface area contributed by atoms with Gasteiger partial charge in [-0.2, -0.15) is 0 Å². The van der Waals surface area contributed by atoms with Crippen molar-refractivity contribution in [1.29, 1.82) is 0 Å². The number of alkyl halides is 1. The van der Waals surface area contributed by atoms with Gasteiger partial charge in [-0.3, -0.25) is 4.79 Å². The van der Waals surface area contributed by atoms with Gasteiger partial charge in [-0.05, 0) is 180 Å². The maximum atomic E-state index is 11.1. The third-order valence-electron chi connectivity index (χ3n) is 14.1. The van der Waals surface area contributed by atoms with Gasteiger partial charge in [0.05, 0.1) is 0 Å². The standard InChI is InChI=1S/C13H22O2.C12H19ClO.C11H16O.C2H3ClO.CH4O/c1-14-12(15-2)13-6-9-3-10(7-13)5-11(4-9)8-13;1-14-11(13)12-5-8-2-9(6-12)4-10(3-8)7-12;12-7-11-4-8-1-9(5-11)3-10(2-8)6-11;1-2(3)4;1-2/h9-12H,3-8H2,1-2H3;8-11H,2-7H2,1H3;7-10H,1-6H2;1H3;2H,1H3/p+1. The summed E-state index contributed by atoms with van der Waals surface area (Å²) in [5.74, 6) is 8.59. The lowest BCUT2D eigenvalue weighted by molar-refractivity contribution is -0.229. The molecule has 0 amide bonds. The second kappa shape index (κ2) is 16.0. The molecule has 0 spiro atoms. The molecular weight excluding hydrogens is 635 g/mol. The molecule has 12 saturated carbocycles. The van der Waals surface area contributed by atoms with Gasteiger partial charge in [-0.15, -0.1) is 0 Å². The van der Waals surface area contributed by atoms with Crippen LogP contribution < -0.4 is 0 Å². The van der Waals surface area contributed by atoms with Crippen LogP contribution >= 0.6 is 23.2 Å². The molecular formula is C39H65Cl2O6+. The molecule has 12 fully saturated rings. The summed E-state index contributed by atoms with van der Waals surface area (Å²) in [6.45, 7) is 1.29. The number of rotatable bonds is 6. The molecule has 0 aliphatic heterocycles. The van der Waals surface area contributed by atoms with E-state index in [4.69, 9.17) is 30.9 Å². The van der Waals surface area contributed by atoms with Crippen LogP contribution in [0.2, 0.25) is 0 Å². The first-order valence-electron chi connectivity index (χ1n) is 18.8. The molecule has 8 heteroatoms. The van der Waals surface area contributed by atoms with E-state index in [2.05, 4.69) is 11.6 Å². The SMILES string of the molecule is CC(=O)Cl.CO.COC(Cl)C12CC3CC(CC(C3)C1)C2.COC(OC)C12CC3CC(CC(C3)C1)C2.O=CC12CC3CC(CC(C3)C1)C2.[H+]. The van der Waals surface area contributed by atoms with E-state index < -0.39 is 0 Å². The zero-order valence-corrected chi connectivity index (χ0v) is 31.4. The molecule has 12 bridgehead atoms. The van der Waals surface area contributed by atoms with Crippen LogP contribution in [0.3, 0.4) is 0 Å². The summed E-state index contributed by atoms with van der Waals surface area (Å²) in [5.41, 5.74) is 0.855. The molecule has 6 nitrogen and oxygen atoms in total. The van der Waals surface area contributed by atoms with Gasteiger partial charge in [0.25, 0.3) is 0 Å². The maximum absolute atomic E-state index is 11.1. The van der Waals surface area contributed by atoms with Crippen LogP contribution in [0.4, 0.5) is 0 Å². The number of methoxy groups -OCH3 is 3. The van der Waals surface area contributed by atoms with E-state index in [-0.39, 0.29) is 23.9 Å². The van der Waals surface area contributed by atoms with Crippen LogP contribution in [0.25, 0.3) is 0 Å². The molecule has 0 heterocycles. The van der Waals surface area contributed by atoms with Gasteiger partial charge >= 0.3 is 1.43 Å². The Balaban J connectivity index is 0.000000149. The largest absolute Gasteiger partial charge is 1.00 e. The molecule has 12 aliphatic rings. The van der Waals surface area contributed by atoms with Gasteiger partial charge < -0.3 is 24.1 Å². The molecule has 0 saturated heterocycles. The van der Waals surface area contributed by atoms with E-state index in [0.29, 0.717) is 10.8 Å².